The number of carbonyl (C=O) groups excluding carboxylic acids is 1. The van der Waals surface area contributed by atoms with Gasteiger partial charge in [0, 0.05) is 5.02 Å². The first-order valence-corrected chi connectivity index (χ1v) is 8.73. The molecular formula is C20H22ClNO2. The lowest BCUT2D eigenvalue weighted by molar-refractivity contribution is -0.128. The molecule has 2 atom stereocenters. The number of hydrogen-bond acceptors (Lipinski definition) is 2. The Kier molecular flexibility index (Phi) is 5.10. The van der Waals surface area contributed by atoms with Crippen LogP contribution in [0.1, 0.15) is 42.5 Å². The van der Waals surface area contributed by atoms with Crippen LogP contribution < -0.4 is 10.1 Å². The Hall–Kier alpha value is -2.00. The molecule has 0 unspecified atom stereocenters. The molecule has 2 aromatic rings. The van der Waals surface area contributed by atoms with Gasteiger partial charge in [0.05, 0.1) is 6.04 Å². The minimum absolute atomic E-state index is 0.0699. The van der Waals surface area contributed by atoms with E-state index in [2.05, 4.69) is 23.5 Å². The smallest absolute Gasteiger partial charge is 0.261 e. The predicted molar refractivity (Wildman–Crippen MR) is 96.5 cm³/mol. The number of benzene rings is 2. The summed E-state index contributed by atoms with van der Waals surface area (Å²) in [5.74, 6) is 0.563. The average Bonchev–Trinajstić information content (AvgIpc) is 2.58. The van der Waals surface area contributed by atoms with E-state index < -0.39 is 6.10 Å². The molecule has 0 bridgehead atoms. The highest BCUT2D eigenvalue weighted by Crippen LogP contribution is 2.29. The molecule has 0 saturated carbocycles. The summed E-state index contributed by atoms with van der Waals surface area (Å²) < 4.78 is 5.77. The Morgan fingerprint density at radius 3 is 2.88 bits per heavy atom. The van der Waals surface area contributed by atoms with Gasteiger partial charge in [0.25, 0.3) is 5.91 Å². The first kappa shape index (κ1) is 16.8. The largest absolute Gasteiger partial charge is 0.481 e. The number of hydrogen-bond donors (Lipinski definition) is 1. The van der Waals surface area contributed by atoms with Crippen molar-refractivity contribution in [3.8, 4) is 5.75 Å². The first-order chi connectivity index (χ1) is 11.5. The second-order valence-corrected chi connectivity index (χ2v) is 6.73. The second-order valence-electron chi connectivity index (χ2n) is 6.32. The van der Waals surface area contributed by atoms with Gasteiger partial charge in [-0.05, 0) is 68.0 Å². The summed E-state index contributed by atoms with van der Waals surface area (Å²) in [7, 11) is 0. The number of rotatable bonds is 4. The summed E-state index contributed by atoms with van der Waals surface area (Å²) >= 11 is 6.02. The van der Waals surface area contributed by atoms with Gasteiger partial charge in [-0.15, -0.1) is 0 Å². The fourth-order valence-corrected chi connectivity index (χ4v) is 3.26. The molecule has 1 aliphatic carbocycles. The van der Waals surface area contributed by atoms with Gasteiger partial charge in [-0.3, -0.25) is 4.79 Å². The average molecular weight is 344 g/mol. The van der Waals surface area contributed by atoms with Crippen molar-refractivity contribution in [3.05, 3.63) is 64.2 Å². The number of ether oxygens (including phenoxy) is 1. The minimum atomic E-state index is -0.556. The van der Waals surface area contributed by atoms with Crippen molar-refractivity contribution >= 4 is 17.5 Å². The third-order valence-corrected chi connectivity index (χ3v) is 4.92. The maximum atomic E-state index is 12.5. The summed E-state index contributed by atoms with van der Waals surface area (Å²) in [4.78, 5) is 12.5. The Morgan fingerprint density at radius 1 is 1.29 bits per heavy atom. The second kappa shape index (κ2) is 7.27. The number of fused-ring (bicyclic) bond motifs is 1. The highest BCUT2D eigenvalue weighted by molar-refractivity contribution is 6.31. The van der Waals surface area contributed by atoms with Crippen molar-refractivity contribution in [3.63, 3.8) is 0 Å². The molecule has 126 valence electrons. The van der Waals surface area contributed by atoms with E-state index in [0.29, 0.717) is 10.8 Å². The fraction of sp³-hybridized carbons (Fsp3) is 0.350. The lowest BCUT2D eigenvalue weighted by Gasteiger charge is -2.27. The SMILES string of the molecule is Cc1cc(O[C@@H](C)C(=O)N[C@@H]2CCCc3ccccc32)ccc1Cl. The maximum absolute atomic E-state index is 12.5. The zero-order chi connectivity index (χ0) is 17.1. The predicted octanol–water partition coefficient (Wildman–Crippen LogP) is 4.61. The van der Waals surface area contributed by atoms with Gasteiger partial charge in [0.15, 0.2) is 6.10 Å². The van der Waals surface area contributed by atoms with Gasteiger partial charge in [-0.1, -0.05) is 35.9 Å². The number of aryl methyl sites for hydroxylation is 2. The van der Waals surface area contributed by atoms with Crippen LogP contribution in [0.5, 0.6) is 5.75 Å². The monoisotopic (exact) mass is 343 g/mol. The van der Waals surface area contributed by atoms with Crippen molar-refractivity contribution in [2.24, 2.45) is 0 Å². The molecule has 2 aromatic carbocycles. The number of carbonyl (C=O) groups is 1. The van der Waals surface area contributed by atoms with Crippen molar-refractivity contribution in [1.29, 1.82) is 0 Å². The third-order valence-electron chi connectivity index (χ3n) is 4.50. The van der Waals surface area contributed by atoms with Crippen LogP contribution in [0.2, 0.25) is 5.02 Å². The summed E-state index contributed by atoms with van der Waals surface area (Å²) in [5, 5.41) is 3.82. The van der Waals surface area contributed by atoms with Crippen molar-refractivity contribution in [2.75, 3.05) is 0 Å². The van der Waals surface area contributed by atoms with E-state index in [1.807, 2.05) is 19.1 Å². The van der Waals surface area contributed by atoms with Crippen LogP contribution in [0, 0.1) is 6.92 Å². The molecular weight excluding hydrogens is 322 g/mol. The van der Waals surface area contributed by atoms with Gasteiger partial charge in [-0.2, -0.15) is 0 Å². The molecule has 1 amide bonds. The molecule has 0 aromatic heterocycles. The van der Waals surface area contributed by atoms with E-state index in [9.17, 15) is 4.79 Å². The Balaban J connectivity index is 1.65. The lowest BCUT2D eigenvalue weighted by Crippen LogP contribution is -2.39. The van der Waals surface area contributed by atoms with Gasteiger partial charge in [0.2, 0.25) is 0 Å². The van der Waals surface area contributed by atoms with Gasteiger partial charge in [0.1, 0.15) is 5.75 Å². The van der Waals surface area contributed by atoms with E-state index in [4.69, 9.17) is 16.3 Å². The van der Waals surface area contributed by atoms with Crippen LogP contribution in [-0.2, 0) is 11.2 Å². The van der Waals surface area contributed by atoms with E-state index >= 15 is 0 Å². The number of nitrogens with one attached hydrogen (secondary N) is 1. The quantitative estimate of drug-likeness (QED) is 0.880. The molecule has 3 rings (SSSR count). The molecule has 0 spiro atoms. The lowest BCUT2D eigenvalue weighted by atomic mass is 9.87. The topological polar surface area (TPSA) is 38.3 Å². The van der Waals surface area contributed by atoms with Crippen molar-refractivity contribution < 1.29 is 9.53 Å². The molecule has 1 N–H and O–H groups in total. The van der Waals surface area contributed by atoms with Crippen LogP contribution in [0.4, 0.5) is 0 Å². The van der Waals surface area contributed by atoms with Gasteiger partial charge in [-0.25, -0.2) is 0 Å². The molecule has 0 aliphatic heterocycles. The summed E-state index contributed by atoms with van der Waals surface area (Å²) in [5.41, 5.74) is 3.49. The Labute approximate surface area is 148 Å². The van der Waals surface area contributed by atoms with Gasteiger partial charge < -0.3 is 10.1 Å². The summed E-state index contributed by atoms with van der Waals surface area (Å²) in [6, 6.07) is 13.8. The standard InChI is InChI=1S/C20H22ClNO2/c1-13-12-16(10-11-18(13)21)24-14(2)20(23)22-19-9-5-7-15-6-3-4-8-17(15)19/h3-4,6,8,10-12,14,19H,5,7,9H2,1-2H3,(H,22,23)/t14-,19+/m0/s1. The minimum Gasteiger partial charge on any atom is -0.481 e. The molecule has 0 saturated heterocycles. The molecule has 0 radical (unpaired) electrons. The van der Waals surface area contributed by atoms with Crippen molar-refractivity contribution in [2.45, 2.75) is 45.3 Å². The van der Waals surface area contributed by atoms with Crippen LogP contribution in [-0.4, -0.2) is 12.0 Å². The van der Waals surface area contributed by atoms with E-state index in [1.165, 1.54) is 11.1 Å². The third kappa shape index (κ3) is 3.73. The first-order valence-electron chi connectivity index (χ1n) is 8.35. The molecule has 3 nitrogen and oxygen atoms in total. The van der Waals surface area contributed by atoms with E-state index in [-0.39, 0.29) is 11.9 Å². The van der Waals surface area contributed by atoms with E-state index in [0.717, 1.165) is 24.8 Å². The Bertz CT molecular complexity index is 744. The van der Waals surface area contributed by atoms with Crippen LogP contribution in [0.15, 0.2) is 42.5 Å². The van der Waals surface area contributed by atoms with Crippen LogP contribution in [0.25, 0.3) is 0 Å². The Morgan fingerprint density at radius 2 is 2.08 bits per heavy atom. The highest BCUT2D eigenvalue weighted by Gasteiger charge is 2.24. The zero-order valence-electron chi connectivity index (χ0n) is 14.0. The summed E-state index contributed by atoms with van der Waals surface area (Å²) in [6.07, 6.45) is 2.58. The molecule has 24 heavy (non-hydrogen) atoms. The molecule has 4 heteroatoms. The summed E-state index contributed by atoms with van der Waals surface area (Å²) in [6.45, 7) is 3.69. The van der Waals surface area contributed by atoms with Gasteiger partial charge >= 0.3 is 0 Å². The van der Waals surface area contributed by atoms with Crippen LogP contribution in [0.3, 0.4) is 0 Å². The normalized spacial score (nSPS) is 17.7. The molecule has 0 fully saturated rings. The van der Waals surface area contributed by atoms with Crippen LogP contribution >= 0.6 is 11.6 Å². The number of amides is 1. The highest BCUT2D eigenvalue weighted by atomic mass is 35.5. The maximum Gasteiger partial charge on any atom is 0.261 e. The van der Waals surface area contributed by atoms with E-state index in [1.54, 1.807) is 19.1 Å². The molecule has 1 aliphatic rings. The molecule has 0 heterocycles. The van der Waals surface area contributed by atoms with Crippen molar-refractivity contribution in [1.82, 2.24) is 5.32 Å². The number of halogens is 1. The fourth-order valence-electron chi connectivity index (χ4n) is 3.14. The zero-order valence-corrected chi connectivity index (χ0v) is 14.8.